The summed E-state index contributed by atoms with van der Waals surface area (Å²) >= 11 is 11.5. The molecule has 0 saturated carbocycles. The molecule has 1 aliphatic rings. The van der Waals surface area contributed by atoms with Gasteiger partial charge in [0.05, 0.1) is 10.7 Å². The minimum atomic E-state index is -4.63. The standard InChI is InChI=1S/C12H11Cl2F3N2O/c13-7-1-2-9(8(14)5-7)19-10(20)11(12(15,16)17)3-4-18-6-11/h1-2,5,18H,3-4,6H2,(H,19,20). The van der Waals surface area contributed by atoms with Crippen LogP contribution < -0.4 is 10.6 Å². The summed E-state index contributed by atoms with van der Waals surface area (Å²) in [5.41, 5.74) is -2.31. The molecular weight excluding hydrogens is 316 g/mol. The summed E-state index contributed by atoms with van der Waals surface area (Å²) in [5.74, 6) is -1.11. The van der Waals surface area contributed by atoms with Crippen molar-refractivity contribution in [1.82, 2.24) is 5.32 Å². The van der Waals surface area contributed by atoms with Gasteiger partial charge in [0, 0.05) is 11.6 Å². The molecule has 0 bridgehead atoms. The highest BCUT2D eigenvalue weighted by atomic mass is 35.5. The topological polar surface area (TPSA) is 41.1 Å². The third-order valence-corrected chi connectivity index (χ3v) is 3.86. The first-order valence-electron chi connectivity index (χ1n) is 5.80. The summed E-state index contributed by atoms with van der Waals surface area (Å²) in [6.07, 6.45) is -4.92. The van der Waals surface area contributed by atoms with Gasteiger partial charge in [-0.15, -0.1) is 0 Å². The minimum absolute atomic E-state index is 0.0918. The fourth-order valence-electron chi connectivity index (χ4n) is 2.09. The molecule has 1 fully saturated rings. The van der Waals surface area contributed by atoms with Gasteiger partial charge < -0.3 is 10.6 Å². The fourth-order valence-corrected chi connectivity index (χ4v) is 2.54. The molecule has 0 aromatic heterocycles. The van der Waals surface area contributed by atoms with Crippen LogP contribution in [0.3, 0.4) is 0 Å². The number of hydrogen-bond acceptors (Lipinski definition) is 2. The molecule has 0 radical (unpaired) electrons. The molecule has 2 N–H and O–H groups in total. The lowest BCUT2D eigenvalue weighted by molar-refractivity contribution is -0.213. The van der Waals surface area contributed by atoms with Gasteiger partial charge in [-0.25, -0.2) is 0 Å². The SMILES string of the molecule is O=C(Nc1ccc(Cl)cc1Cl)C1(C(F)(F)F)CCNC1. The van der Waals surface area contributed by atoms with Crippen LogP contribution in [0.4, 0.5) is 18.9 Å². The Morgan fingerprint density at radius 3 is 2.55 bits per heavy atom. The van der Waals surface area contributed by atoms with Crippen LogP contribution in [-0.2, 0) is 4.79 Å². The van der Waals surface area contributed by atoms with E-state index in [-0.39, 0.29) is 23.7 Å². The molecule has 0 aliphatic carbocycles. The molecule has 8 heteroatoms. The summed E-state index contributed by atoms with van der Waals surface area (Å²) in [4.78, 5) is 12.1. The van der Waals surface area contributed by atoms with E-state index in [0.29, 0.717) is 5.02 Å². The molecule has 0 spiro atoms. The maximum absolute atomic E-state index is 13.2. The van der Waals surface area contributed by atoms with Gasteiger partial charge in [-0.2, -0.15) is 13.2 Å². The second kappa shape index (κ2) is 5.42. The smallest absolute Gasteiger partial charge is 0.324 e. The van der Waals surface area contributed by atoms with Crippen LogP contribution in [0.5, 0.6) is 0 Å². The van der Waals surface area contributed by atoms with Gasteiger partial charge in [-0.1, -0.05) is 23.2 Å². The number of amides is 1. The summed E-state index contributed by atoms with van der Waals surface area (Å²) in [6, 6.07) is 4.16. The summed E-state index contributed by atoms with van der Waals surface area (Å²) < 4.78 is 39.5. The van der Waals surface area contributed by atoms with Crippen molar-refractivity contribution < 1.29 is 18.0 Å². The number of benzene rings is 1. The van der Waals surface area contributed by atoms with E-state index >= 15 is 0 Å². The molecule has 2 rings (SSSR count). The Morgan fingerprint density at radius 1 is 1.35 bits per heavy atom. The van der Waals surface area contributed by atoms with E-state index in [4.69, 9.17) is 23.2 Å². The molecule has 1 aromatic rings. The Labute approximate surface area is 123 Å². The first-order chi connectivity index (χ1) is 9.26. The van der Waals surface area contributed by atoms with Crippen molar-refractivity contribution in [2.24, 2.45) is 5.41 Å². The van der Waals surface area contributed by atoms with Crippen molar-refractivity contribution in [2.75, 3.05) is 18.4 Å². The van der Waals surface area contributed by atoms with E-state index in [9.17, 15) is 18.0 Å². The van der Waals surface area contributed by atoms with Crippen molar-refractivity contribution >= 4 is 34.8 Å². The number of anilines is 1. The Kier molecular flexibility index (Phi) is 4.18. The molecule has 1 atom stereocenters. The van der Waals surface area contributed by atoms with Crippen LogP contribution >= 0.6 is 23.2 Å². The number of alkyl halides is 3. The van der Waals surface area contributed by atoms with Gasteiger partial charge >= 0.3 is 6.18 Å². The minimum Gasteiger partial charge on any atom is -0.324 e. The molecular formula is C12H11Cl2F3N2O. The third-order valence-electron chi connectivity index (χ3n) is 3.31. The van der Waals surface area contributed by atoms with E-state index in [1.165, 1.54) is 18.2 Å². The lowest BCUT2D eigenvalue weighted by Gasteiger charge is -2.29. The second-order valence-electron chi connectivity index (χ2n) is 4.58. The number of hydrogen-bond donors (Lipinski definition) is 2. The van der Waals surface area contributed by atoms with E-state index < -0.39 is 24.0 Å². The van der Waals surface area contributed by atoms with Crippen LogP contribution in [0.1, 0.15) is 6.42 Å². The summed E-state index contributed by atoms with van der Waals surface area (Å²) in [7, 11) is 0. The molecule has 1 amide bonds. The molecule has 1 aromatic carbocycles. The van der Waals surface area contributed by atoms with Crippen LogP contribution in [-0.4, -0.2) is 25.2 Å². The number of halogens is 5. The lowest BCUT2D eigenvalue weighted by atomic mass is 9.85. The lowest BCUT2D eigenvalue weighted by Crippen LogP contribution is -2.49. The fraction of sp³-hybridized carbons (Fsp3) is 0.417. The van der Waals surface area contributed by atoms with Gasteiger partial charge in [0.15, 0.2) is 5.41 Å². The molecule has 3 nitrogen and oxygen atoms in total. The molecule has 1 aliphatic heterocycles. The normalized spacial score (nSPS) is 22.9. The monoisotopic (exact) mass is 326 g/mol. The van der Waals surface area contributed by atoms with E-state index in [1.54, 1.807) is 0 Å². The van der Waals surface area contributed by atoms with Crippen molar-refractivity contribution in [3.63, 3.8) is 0 Å². The largest absolute Gasteiger partial charge is 0.404 e. The zero-order valence-electron chi connectivity index (χ0n) is 10.2. The molecule has 1 saturated heterocycles. The maximum Gasteiger partial charge on any atom is 0.404 e. The van der Waals surface area contributed by atoms with Crippen molar-refractivity contribution in [1.29, 1.82) is 0 Å². The van der Waals surface area contributed by atoms with Crippen molar-refractivity contribution in [2.45, 2.75) is 12.6 Å². The number of rotatable bonds is 2. The van der Waals surface area contributed by atoms with Crippen LogP contribution in [0.2, 0.25) is 10.0 Å². The van der Waals surface area contributed by atoms with Gasteiger partial charge in [0.2, 0.25) is 5.91 Å². The average Bonchev–Trinajstić information content (AvgIpc) is 2.82. The first kappa shape index (κ1) is 15.4. The maximum atomic E-state index is 13.2. The zero-order valence-corrected chi connectivity index (χ0v) is 11.7. The van der Waals surface area contributed by atoms with Gasteiger partial charge in [0.25, 0.3) is 0 Å². The van der Waals surface area contributed by atoms with Crippen molar-refractivity contribution in [3.05, 3.63) is 28.2 Å². The number of carbonyl (C=O) groups is 1. The quantitative estimate of drug-likeness (QED) is 0.873. The van der Waals surface area contributed by atoms with Gasteiger partial charge in [0.1, 0.15) is 0 Å². The van der Waals surface area contributed by atoms with Gasteiger partial charge in [-0.05, 0) is 31.2 Å². The first-order valence-corrected chi connectivity index (χ1v) is 6.56. The van der Waals surface area contributed by atoms with Crippen LogP contribution in [0.25, 0.3) is 0 Å². The summed E-state index contributed by atoms with van der Waals surface area (Å²) in [6.45, 7) is -0.297. The highest BCUT2D eigenvalue weighted by Crippen LogP contribution is 2.44. The van der Waals surface area contributed by atoms with Gasteiger partial charge in [-0.3, -0.25) is 4.79 Å². The summed E-state index contributed by atoms with van der Waals surface area (Å²) in [5, 5.41) is 5.24. The Hall–Kier alpha value is -0.980. The predicted molar refractivity (Wildman–Crippen MR) is 71.1 cm³/mol. The zero-order chi connectivity index (χ0) is 15.0. The number of carbonyl (C=O) groups excluding carboxylic acids is 1. The third kappa shape index (κ3) is 2.73. The molecule has 1 unspecified atom stereocenters. The molecule has 20 heavy (non-hydrogen) atoms. The van der Waals surface area contributed by atoms with E-state index in [2.05, 4.69) is 10.6 Å². The average molecular weight is 327 g/mol. The van der Waals surface area contributed by atoms with E-state index in [0.717, 1.165) is 0 Å². The number of nitrogens with one attached hydrogen (secondary N) is 2. The Bertz CT molecular complexity index is 528. The second-order valence-corrected chi connectivity index (χ2v) is 5.43. The highest BCUT2D eigenvalue weighted by molar-refractivity contribution is 6.36. The predicted octanol–water partition coefficient (Wildman–Crippen LogP) is 3.47. The molecule has 110 valence electrons. The highest BCUT2D eigenvalue weighted by Gasteiger charge is 2.61. The van der Waals surface area contributed by atoms with Crippen LogP contribution in [0.15, 0.2) is 18.2 Å². The Balaban J connectivity index is 2.26. The van der Waals surface area contributed by atoms with Crippen LogP contribution in [0, 0.1) is 5.41 Å². The van der Waals surface area contributed by atoms with E-state index in [1.807, 2.05) is 0 Å². The van der Waals surface area contributed by atoms with Crippen molar-refractivity contribution in [3.8, 4) is 0 Å². The molecule has 1 heterocycles. The Morgan fingerprint density at radius 2 is 2.05 bits per heavy atom.